The zero-order valence-electron chi connectivity index (χ0n) is 19.8. The van der Waals surface area contributed by atoms with E-state index in [2.05, 4.69) is 42.8 Å². The van der Waals surface area contributed by atoms with Crippen molar-refractivity contribution in [1.29, 1.82) is 0 Å². The largest absolute Gasteiger partial charge is 0.444 e. The number of piperidine rings is 1. The summed E-state index contributed by atoms with van der Waals surface area (Å²) in [6.07, 6.45) is 6.74. The second-order valence-electron chi connectivity index (χ2n) is 9.57. The summed E-state index contributed by atoms with van der Waals surface area (Å²) in [5.41, 5.74) is -0.447. The van der Waals surface area contributed by atoms with Crippen LogP contribution in [0.5, 0.6) is 0 Å². The molecule has 2 atom stereocenters. The SMILES string of the molecule is CN=C(NCCN1CCN(C(=O)OC(C)(C)C)CC1)N1CCC(C)C(n2ccnc2)C1. The summed E-state index contributed by atoms with van der Waals surface area (Å²) < 4.78 is 7.70. The highest BCUT2D eigenvalue weighted by Gasteiger charge is 2.29. The fraction of sp³-hybridized carbons (Fsp3) is 0.773. The quantitative estimate of drug-likeness (QED) is 0.577. The maximum absolute atomic E-state index is 12.2. The molecular weight excluding hydrogens is 394 g/mol. The number of hydrogen-bond donors (Lipinski definition) is 1. The average Bonchev–Trinajstić information content (AvgIpc) is 3.26. The first-order valence-corrected chi connectivity index (χ1v) is 11.4. The Labute approximate surface area is 186 Å². The van der Waals surface area contributed by atoms with Gasteiger partial charge in [-0.1, -0.05) is 6.92 Å². The first-order chi connectivity index (χ1) is 14.8. The maximum atomic E-state index is 12.2. The van der Waals surface area contributed by atoms with Crippen LogP contribution in [0.4, 0.5) is 4.79 Å². The van der Waals surface area contributed by atoms with Gasteiger partial charge in [-0.05, 0) is 33.1 Å². The number of hydrogen-bond acceptors (Lipinski definition) is 5. The van der Waals surface area contributed by atoms with Crippen LogP contribution in [0.15, 0.2) is 23.7 Å². The van der Waals surface area contributed by atoms with Crippen LogP contribution in [-0.2, 0) is 4.74 Å². The number of aromatic nitrogens is 2. The fourth-order valence-electron chi connectivity index (χ4n) is 4.23. The van der Waals surface area contributed by atoms with Gasteiger partial charge in [0.05, 0.1) is 12.4 Å². The molecule has 174 valence electrons. The molecule has 0 aliphatic carbocycles. The van der Waals surface area contributed by atoms with Crippen molar-refractivity contribution in [1.82, 2.24) is 29.6 Å². The topological polar surface area (TPSA) is 78.2 Å². The Morgan fingerprint density at radius 1 is 1.19 bits per heavy atom. The number of nitrogens with zero attached hydrogens (tertiary/aromatic N) is 6. The van der Waals surface area contributed by atoms with Crippen molar-refractivity contribution in [3.05, 3.63) is 18.7 Å². The van der Waals surface area contributed by atoms with Crippen LogP contribution in [0.3, 0.4) is 0 Å². The molecule has 2 aliphatic rings. The normalized spacial score (nSPS) is 23.7. The van der Waals surface area contributed by atoms with Gasteiger partial charge in [-0.3, -0.25) is 9.89 Å². The van der Waals surface area contributed by atoms with Crippen LogP contribution in [0, 0.1) is 5.92 Å². The Balaban J connectivity index is 1.41. The molecule has 9 heteroatoms. The van der Waals surface area contributed by atoms with Crippen molar-refractivity contribution >= 4 is 12.1 Å². The number of piperazine rings is 1. The number of guanidine groups is 1. The highest BCUT2D eigenvalue weighted by atomic mass is 16.6. The Bertz CT molecular complexity index is 721. The second kappa shape index (κ2) is 10.3. The Hall–Kier alpha value is -2.29. The molecule has 0 radical (unpaired) electrons. The molecule has 1 aromatic heterocycles. The fourth-order valence-corrected chi connectivity index (χ4v) is 4.23. The average molecular weight is 434 g/mol. The summed E-state index contributed by atoms with van der Waals surface area (Å²) in [5, 5.41) is 3.54. The van der Waals surface area contributed by atoms with E-state index in [-0.39, 0.29) is 6.09 Å². The summed E-state index contributed by atoms with van der Waals surface area (Å²) in [5.74, 6) is 1.58. The highest BCUT2D eigenvalue weighted by molar-refractivity contribution is 5.80. The molecule has 1 N–H and O–H groups in total. The minimum absolute atomic E-state index is 0.211. The van der Waals surface area contributed by atoms with Gasteiger partial charge < -0.3 is 24.4 Å². The van der Waals surface area contributed by atoms with Crippen LogP contribution in [0.1, 0.15) is 40.2 Å². The number of nitrogens with one attached hydrogen (secondary N) is 1. The molecule has 1 aromatic rings. The van der Waals surface area contributed by atoms with E-state index in [0.29, 0.717) is 25.0 Å². The maximum Gasteiger partial charge on any atom is 0.410 e. The van der Waals surface area contributed by atoms with E-state index < -0.39 is 5.60 Å². The van der Waals surface area contributed by atoms with Gasteiger partial charge in [-0.2, -0.15) is 0 Å². The molecule has 0 bridgehead atoms. The summed E-state index contributed by atoms with van der Waals surface area (Å²) in [6, 6.07) is 0.413. The zero-order valence-corrected chi connectivity index (χ0v) is 19.8. The molecule has 3 heterocycles. The van der Waals surface area contributed by atoms with Crippen molar-refractivity contribution < 1.29 is 9.53 Å². The summed E-state index contributed by atoms with van der Waals surface area (Å²) in [6.45, 7) is 14.9. The van der Waals surface area contributed by atoms with E-state index in [0.717, 1.165) is 51.6 Å². The molecule has 31 heavy (non-hydrogen) atoms. The van der Waals surface area contributed by atoms with Crippen molar-refractivity contribution in [2.24, 2.45) is 10.9 Å². The molecule has 9 nitrogen and oxygen atoms in total. The third-order valence-corrected chi connectivity index (χ3v) is 6.07. The van der Waals surface area contributed by atoms with E-state index in [4.69, 9.17) is 4.74 Å². The summed E-state index contributed by atoms with van der Waals surface area (Å²) in [4.78, 5) is 27.5. The number of ether oxygens (including phenoxy) is 1. The van der Waals surface area contributed by atoms with Crippen LogP contribution in [-0.4, -0.2) is 101 Å². The lowest BCUT2D eigenvalue weighted by Crippen LogP contribution is -2.53. The number of amides is 1. The van der Waals surface area contributed by atoms with Gasteiger partial charge >= 0.3 is 6.09 Å². The number of likely N-dealkylation sites (tertiary alicyclic amines) is 1. The molecular formula is C22H39N7O2. The van der Waals surface area contributed by atoms with E-state index in [1.165, 1.54) is 0 Å². The third-order valence-electron chi connectivity index (χ3n) is 6.07. The lowest BCUT2D eigenvalue weighted by molar-refractivity contribution is 0.0147. The molecule has 2 saturated heterocycles. The minimum atomic E-state index is -0.447. The van der Waals surface area contributed by atoms with E-state index in [1.54, 1.807) is 4.90 Å². The van der Waals surface area contributed by atoms with Gasteiger partial charge in [0.1, 0.15) is 5.60 Å². The Kier molecular flexibility index (Phi) is 7.80. The number of aliphatic imine (C=N–C) groups is 1. The number of rotatable bonds is 4. The van der Waals surface area contributed by atoms with Crippen LogP contribution < -0.4 is 5.32 Å². The monoisotopic (exact) mass is 433 g/mol. The number of carbonyl (C=O) groups is 1. The lowest BCUT2D eigenvalue weighted by atomic mass is 9.93. The summed E-state index contributed by atoms with van der Waals surface area (Å²) >= 11 is 0. The Morgan fingerprint density at radius 2 is 1.94 bits per heavy atom. The smallest absolute Gasteiger partial charge is 0.410 e. The zero-order chi connectivity index (χ0) is 22.4. The van der Waals surface area contributed by atoms with Crippen LogP contribution in [0.2, 0.25) is 0 Å². The Morgan fingerprint density at radius 3 is 2.55 bits per heavy atom. The predicted octanol–water partition coefficient (Wildman–Crippen LogP) is 1.89. The predicted molar refractivity (Wildman–Crippen MR) is 122 cm³/mol. The lowest BCUT2D eigenvalue weighted by Gasteiger charge is -2.39. The molecule has 2 aliphatic heterocycles. The number of imidazole rings is 1. The van der Waals surface area contributed by atoms with E-state index >= 15 is 0 Å². The van der Waals surface area contributed by atoms with Gasteiger partial charge in [0.2, 0.25) is 0 Å². The third kappa shape index (κ3) is 6.59. The van der Waals surface area contributed by atoms with Crippen molar-refractivity contribution in [2.45, 2.75) is 45.8 Å². The second-order valence-corrected chi connectivity index (χ2v) is 9.57. The standard InChI is InChI=1S/C22H39N7O2/c1-18-6-9-28(16-19(18)29-11-7-24-17-29)20(23-5)25-8-10-26-12-14-27(15-13-26)21(30)31-22(2,3)4/h7,11,17-19H,6,8-10,12-16H2,1-5H3,(H,23,25). The van der Waals surface area contributed by atoms with Crippen molar-refractivity contribution in [3.63, 3.8) is 0 Å². The van der Waals surface area contributed by atoms with Gasteiger partial charge in [-0.15, -0.1) is 0 Å². The van der Waals surface area contributed by atoms with Crippen LogP contribution in [0.25, 0.3) is 0 Å². The van der Waals surface area contributed by atoms with Crippen molar-refractivity contribution in [3.8, 4) is 0 Å². The minimum Gasteiger partial charge on any atom is -0.444 e. The first-order valence-electron chi connectivity index (χ1n) is 11.4. The molecule has 1 amide bonds. The number of carbonyl (C=O) groups excluding carboxylic acids is 1. The van der Waals surface area contributed by atoms with E-state index in [1.807, 2.05) is 40.3 Å². The van der Waals surface area contributed by atoms with E-state index in [9.17, 15) is 4.79 Å². The molecule has 2 unspecified atom stereocenters. The molecule has 0 saturated carbocycles. The van der Waals surface area contributed by atoms with Gasteiger partial charge in [0.25, 0.3) is 0 Å². The molecule has 2 fully saturated rings. The highest BCUT2D eigenvalue weighted by Crippen LogP contribution is 2.27. The molecule has 0 spiro atoms. The van der Waals surface area contributed by atoms with Crippen molar-refractivity contribution in [2.75, 3.05) is 59.4 Å². The van der Waals surface area contributed by atoms with Gasteiger partial charge in [0.15, 0.2) is 5.96 Å². The molecule has 0 aromatic carbocycles. The van der Waals surface area contributed by atoms with Gasteiger partial charge in [-0.25, -0.2) is 9.78 Å². The first kappa shape index (κ1) is 23.4. The van der Waals surface area contributed by atoms with Crippen LogP contribution >= 0.6 is 0 Å². The van der Waals surface area contributed by atoms with Gasteiger partial charge in [0, 0.05) is 71.8 Å². The summed E-state index contributed by atoms with van der Waals surface area (Å²) in [7, 11) is 1.85. The molecule has 3 rings (SSSR count).